The molecule has 3 rings (SSSR count). The summed E-state index contributed by atoms with van der Waals surface area (Å²) in [5, 5.41) is 7.10. The van der Waals surface area contributed by atoms with E-state index in [0.29, 0.717) is 0 Å². The SMILES string of the molecule is C[C@H]1CNCC[C@H]1c1cccc2ccsc12. The Labute approximate surface area is 100 Å². The van der Waals surface area contributed by atoms with Crippen LogP contribution in [0.4, 0.5) is 0 Å². The van der Waals surface area contributed by atoms with Crippen LogP contribution in [0.25, 0.3) is 10.1 Å². The second-order valence-electron chi connectivity index (χ2n) is 4.76. The van der Waals surface area contributed by atoms with Gasteiger partial charge in [0.25, 0.3) is 0 Å². The minimum Gasteiger partial charge on any atom is -0.316 e. The van der Waals surface area contributed by atoms with E-state index >= 15 is 0 Å². The van der Waals surface area contributed by atoms with Crippen LogP contribution in [0, 0.1) is 5.92 Å². The molecule has 0 amide bonds. The Hall–Kier alpha value is -0.860. The molecule has 0 bridgehead atoms. The largest absolute Gasteiger partial charge is 0.316 e. The molecular formula is C14H17NS. The molecule has 2 heteroatoms. The van der Waals surface area contributed by atoms with Gasteiger partial charge in [-0.15, -0.1) is 11.3 Å². The van der Waals surface area contributed by atoms with Crippen molar-refractivity contribution in [1.82, 2.24) is 5.32 Å². The van der Waals surface area contributed by atoms with Gasteiger partial charge in [-0.3, -0.25) is 0 Å². The number of fused-ring (bicyclic) bond motifs is 1. The Morgan fingerprint density at radius 2 is 2.25 bits per heavy atom. The normalized spacial score (nSPS) is 26.1. The molecule has 1 aromatic heterocycles. The molecule has 1 nitrogen and oxygen atoms in total. The van der Waals surface area contributed by atoms with Crippen molar-refractivity contribution in [3.63, 3.8) is 0 Å². The molecular weight excluding hydrogens is 214 g/mol. The maximum atomic E-state index is 3.48. The zero-order valence-corrected chi connectivity index (χ0v) is 10.4. The van der Waals surface area contributed by atoms with Crippen molar-refractivity contribution in [2.75, 3.05) is 13.1 Å². The number of piperidine rings is 1. The van der Waals surface area contributed by atoms with Gasteiger partial charge in [-0.2, -0.15) is 0 Å². The van der Waals surface area contributed by atoms with Crippen molar-refractivity contribution in [2.45, 2.75) is 19.3 Å². The fourth-order valence-electron chi connectivity index (χ4n) is 2.78. The first kappa shape index (κ1) is 10.3. The number of rotatable bonds is 1. The highest BCUT2D eigenvalue weighted by Gasteiger charge is 2.24. The summed E-state index contributed by atoms with van der Waals surface area (Å²) in [5.74, 6) is 1.49. The van der Waals surface area contributed by atoms with Gasteiger partial charge in [0.15, 0.2) is 0 Å². The van der Waals surface area contributed by atoms with Gasteiger partial charge in [-0.1, -0.05) is 25.1 Å². The third kappa shape index (κ3) is 1.66. The zero-order valence-electron chi connectivity index (χ0n) is 9.57. The Morgan fingerprint density at radius 1 is 1.31 bits per heavy atom. The number of thiophene rings is 1. The van der Waals surface area contributed by atoms with Gasteiger partial charge in [-0.25, -0.2) is 0 Å². The van der Waals surface area contributed by atoms with Gasteiger partial charge in [0.2, 0.25) is 0 Å². The smallest absolute Gasteiger partial charge is 0.0377 e. The average molecular weight is 231 g/mol. The first-order valence-electron chi connectivity index (χ1n) is 6.03. The molecule has 1 N–H and O–H groups in total. The maximum absolute atomic E-state index is 3.48. The lowest BCUT2D eigenvalue weighted by Gasteiger charge is -2.30. The molecule has 2 aromatic rings. The third-order valence-electron chi connectivity index (χ3n) is 3.69. The first-order chi connectivity index (χ1) is 7.86. The lowest BCUT2D eigenvalue weighted by atomic mass is 9.82. The van der Waals surface area contributed by atoms with Crippen LogP contribution in [-0.4, -0.2) is 13.1 Å². The molecule has 1 aliphatic heterocycles. The number of nitrogens with one attached hydrogen (secondary N) is 1. The molecule has 1 fully saturated rings. The van der Waals surface area contributed by atoms with Gasteiger partial charge in [0, 0.05) is 4.70 Å². The second kappa shape index (κ2) is 4.19. The summed E-state index contributed by atoms with van der Waals surface area (Å²) >= 11 is 1.89. The molecule has 0 radical (unpaired) electrons. The van der Waals surface area contributed by atoms with Crippen molar-refractivity contribution in [3.8, 4) is 0 Å². The van der Waals surface area contributed by atoms with Crippen molar-refractivity contribution in [2.24, 2.45) is 5.92 Å². The Bertz CT molecular complexity index is 488. The van der Waals surface area contributed by atoms with Crippen molar-refractivity contribution < 1.29 is 0 Å². The van der Waals surface area contributed by atoms with E-state index in [4.69, 9.17) is 0 Å². The van der Waals surface area contributed by atoms with Gasteiger partial charge in [-0.05, 0) is 53.7 Å². The summed E-state index contributed by atoms with van der Waals surface area (Å²) < 4.78 is 1.50. The summed E-state index contributed by atoms with van der Waals surface area (Å²) in [6, 6.07) is 8.99. The second-order valence-corrected chi connectivity index (χ2v) is 5.68. The lowest BCUT2D eigenvalue weighted by Crippen LogP contribution is -2.33. The van der Waals surface area contributed by atoms with Gasteiger partial charge in [0.05, 0.1) is 0 Å². The highest BCUT2D eigenvalue weighted by atomic mass is 32.1. The van der Waals surface area contributed by atoms with Crippen LogP contribution in [0.3, 0.4) is 0 Å². The summed E-state index contributed by atoms with van der Waals surface area (Å²) in [4.78, 5) is 0. The summed E-state index contributed by atoms with van der Waals surface area (Å²) in [7, 11) is 0. The summed E-state index contributed by atoms with van der Waals surface area (Å²) in [5.41, 5.74) is 1.57. The van der Waals surface area contributed by atoms with E-state index in [0.717, 1.165) is 24.9 Å². The van der Waals surface area contributed by atoms with E-state index in [9.17, 15) is 0 Å². The third-order valence-corrected chi connectivity index (χ3v) is 4.67. The van der Waals surface area contributed by atoms with Crippen molar-refractivity contribution in [1.29, 1.82) is 0 Å². The van der Waals surface area contributed by atoms with Crippen LogP contribution in [0.2, 0.25) is 0 Å². The fourth-order valence-corrected chi connectivity index (χ4v) is 3.76. The molecule has 0 spiro atoms. The fraction of sp³-hybridized carbons (Fsp3) is 0.429. The van der Waals surface area contributed by atoms with E-state index in [2.05, 4.69) is 41.9 Å². The Balaban J connectivity index is 2.07. The summed E-state index contributed by atoms with van der Waals surface area (Å²) in [6.45, 7) is 4.69. The minimum absolute atomic E-state index is 0.739. The lowest BCUT2D eigenvalue weighted by molar-refractivity contribution is 0.351. The summed E-state index contributed by atoms with van der Waals surface area (Å²) in [6.07, 6.45) is 1.28. The highest BCUT2D eigenvalue weighted by Crippen LogP contribution is 2.36. The monoisotopic (exact) mass is 231 g/mol. The molecule has 1 aliphatic rings. The van der Waals surface area contributed by atoms with Crippen LogP contribution in [0.1, 0.15) is 24.8 Å². The quantitative estimate of drug-likeness (QED) is 0.790. The molecule has 0 unspecified atom stereocenters. The van der Waals surface area contributed by atoms with Gasteiger partial charge in [0.1, 0.15) is 0 Å². The van der Waals surface area contributed by atoms with Gasteiger partial charge < -0.3 is 5.32 Å². The van der Waals surface area contributed by atoms with Crippen LogP contribution >= 0.6 is 11.3 Å². The van der Waals surface area contributed by atoms with E-state index < -0.39 is 0 Å². The number of benzene rings is 1. The number of hydrogen-bond donors (Lipinski definition) is 1. The Kier molecular flexibility index (Phi) is 2.70. The molecule has 16 heavy (non-hydrogen) atoms. The van der Waals surface area contributed by atoms with E-state index in [1.54, 1.807) is 5.56 Å². The molecule has 1 saturated heterocycles. The Morgan fingerprint density at radius 3 is 3.12 bits per heavy atom. The molecule has 0 saturated carbocycles. The van der Waals surface area contributed by atoms with E-state index in [1.807, 2.05) is 11.3 Å². The van der Waals surface area contributed by atoms with Gasteiger partial charge >= 0.3 is 0 Å². The van der Waals surface area contributed by atoms with E-state index in [-0.39, 0.29) is 0 Å². The standard InChI is InChI=1S/C14H17NS/c1-10-9-15-7-5-12(10)13-4-2-3-11-6-8-16-14(11)13/h2-4,6,8,10,12,15H,5,7,9H2,1H3/t10-,12+/m0/s1. The topological polar surface area (TPSA) is 12.0 Å². The first-order valence-corrected chi connectivity index (χ1v) is 6.91. The maximum Gasteiger partial charge on any atom is 0.0377 e. The van der Waals surface area contributed by atoms with E-state index in [1.165, 1.54) is 16.5 Å². The predicted molar refractivity (Wildman–Crippen MR) is 71.2 cm³/mol. The molecule has 2 atom stereocenters. The number of hydrogen-bond acceptors (Lipinski definition) is 2. The molecule has 1 aromatic carbocycles. The zero-order chi connectivity index (χ0) is 11.0. The van der Waals surface area contributed by atoms with Crippen molar-refractivity contribution in [3.05, 3.63) is 35.2 Å². The highest BCUT2D eigenvalue weighted by molar-refractivity contribution is 7.17. The predicted octanol–water partition coefficient (Wildman–Crippen LogP) is 3.61. The van der Waals surface area contributed by atoms with Crippen molar-refractivity contribution >= 4 is 21.4 Å². The molecule has 2 heterocycles. The van der Waals surface area contributed by atoms with Crippen LogP contribution in [0.15, 0.2) is 29.6 Å². The van der Waals surface area contributed by atoms with Crippen LogP contribution in [-0.2, 0) is 0 Å². The van der Waals surface area contributed by atoms with Crippen LogP contribution in [0.5, 0.6) is 0 Å². The van der Waals surface area contributed by atoms with Crippen LogP contribution < -0.4 is 5.32 Å². The minimum atomic E-state index is 0.739. The molecule has 84 valence electrons. The average Bonchev–Trinajstić information content (AvgIpc) is 2.77. The molecule has 0 aliphatic carbocycles.